The number of methoxy groups -OCH3 is 1. The summed E-state index contributed by atoms with van der Waals surface area (Å²) in [5, 5.41) is 3.15. The number of benzene rings is 1. The van der Waals surface area contributed by atoms with Gasteiger partial charge in [0, 0.05) is 18.8 Å². The van der Waals surface area contributed by atoms with Gasteiger partial charge in [-0.3, -0.25) is 4.79 Å². The zero-order valence-corrected chi connectivity index (χ0v) is 11.2. The van der Waals surface area contributed by atoms with E-state index < -0.39 is 0 Å². The lowest BCUT2D eigenvalue weighted by Gasteiger charge is -2.17. The Balaban J connectivity index is 1.89. The molecule has 0 spiro atoms. The molecule has 18 heavy (non-hydrogen) atoms. The number of amides is 1. The molecule has 4 nitrogen and oxygen atoms in total. The van der Waals surface area contributed by atoms with Gasteiger partial charge in [0.15, 0.2) is 0 Å². The molecule has 0 bridgehead atoms. The van der Waals surface area contributed by atoms with Gasteiger partial charge in [-0.1, -0.05) is 0 Å². The first kappa shape index (κ1) is 12.7. The summed E-state index contributed by atoms with van der Waals surface area (Å²) in [5.41, 5.74) is 2.01. The van der Waals surface area contributed by atoms with Crippen LogP contribution in [0, 0.1) is 6.92 Å². The van der Waals surface area contributed by atoms with Crippen LogP contribution >= 0.6 is 0 Å². The van der Waals surface area contributed by atoms with Gasteiger partial charge in [-0.05, 0) is 43.5 Å². The molecule has 1 aromatic rings. The van der Waals surface area contributed by atoms with Crippen molar-refractivity contribution in [1.29, 1.82) is 0 Å². The highest BCUT2D eigenvalue weighted by atomic mass is 16.5. The maximum atomic E-state index is 11.8. The SMILES string of the molecule is COc1ccc(NCC(=O)N(C)C2CC2)cc1C. The van der Waals surface area contributed by atoms with Crippen LogP contribution in [0.4, 0.5) is 5.69 Å². The summed E-state index contributed by atoms with van der Waals surface area (Å²) in [6, 6.07) is 6.29. The van der Waals surface area contributed by atoms with Gasteiger partial charge in [-0.25, -0.2) is 0 Å². The minimum atomic E-state index is 0.144. The number of nitrogens with one attached hydrogen (secondary N) is 1. The molecule has 1 fully saturated rings. The maximum absolute atomic E-state index is 11.8. The number of anilines is 1. The second-order valence-corrected chi connectivity index (χ2v) is 4.77. The molecule has 0 unspecified atom stereocenters. The van der Waals surface area contributed by atoms with Crippen LogP contribution in [0.25, 0.3) is 0 Å². The van der Waals surface area contributed by atoms with Gasteiger partial charge >= 0.3 is 0 Å². The third kappa shape index (κ3) is 2.94. The minimum Gasteiger partial charge on any atom is -0.496 e. The number of hydrogen-bond acceptors (Lipinski definition) is 3. The molecule has 0 aliphatic heterocycles. The summed E-state index contributed by atoms with van der Waals surface area (Å²) < 4.78 is 5.20. The molecule has 0 heterocycles. The van der Waals surface area contributed by atoms with Gasteiger partial charge in [0.25, 0.3) is 0 Å². The van der Waals surface area contributed by atoms with E-state index in [1.807, 2.05) is 37.1 Å². The van der Waals surface area contributed by atoms with Crippen molar-refractivity contribution in [1.82, 2.24) is 4.90 Å². The second kappa shape index (κ2) is 5.29. The number of nitrogens with zero attached hydrogens (tertiary/aromatic N) is 1. The van der Waals surface area contributed by atoms with Crippen molar-refractivity contribution in [3.05, 3.63) is 23.8 Å². The van der Waals surface area contributed by atoms with E-state index in [4.69, 9.17) is 4.74 Å². The number of hydrogen-bond donors (Lipinski definition) is 1. The highest BCUT2D eigenvalue weighted by molar-refractivity contribution is 5.81. The number of carbonyl (C=O) groups is 1. The van der Waals surface area contributed by atoms with Crippen molar-refractivity contribution < 1.29 is 9.53 Å². The predicted octanol–water partition coefficient (Wildman–Crippen LogP) is 2.04. The lowest BCUT2D eigenvalue weighted by molar-refractivity contribution is -0.128. The Hall–Kier alpha value is -1.71. The van der Waals surface area contributed by atoms with E-state index in [9.17, 15) is 4.79 Å². The highest BCUT2D eigenvalue weighted by Crippen LogP contribution is 2.25. The van der Waals surface area contributed by atoms with Crippen LogP contribution in [-0.4, -0.2) is 37.6 Å². The molecule has 1 amide bonds. The number of aryl methyl sites for hydroxylation is 1. The second-order valence-electron chi connectivity index (χ2n) is 4.77. The maximum Gasteiger partial charge on any atom is 0.241 e. The summed E-state index contributed by atoms with van der Waals surface area (Å²) in [5.74, 6) is 1.01. The fourth-order valence-electron chi connectivity index (χ4n) is 1.96. The zero-order chi connectivity index (χ0) is 13.1. The van der Waals surface area contributed by atoms with Crippen LogP contribution in [-0.2, 0) is 4.79 Å². The largest absolute Gasteiger partial charge is 0.496 e. The van der Waals surface area contributed by atoms with E-state index in [0.717, 1.165) is 29.8 Å². The quantitative estimate of drug-likeness (QED) is 0.867. The molecule has 1 aromatic carbocycles. The zero-order valence-electron chi connectivity index (χ0n) is 11.2. The van der Waals surface area contributed by atoms with Gasteiger partial charge in [0.05, 0.1) is 13.7 Å². The Morgan fingerprint density at radius 3 is 2.78 bits per heavy atom. The van der Waals surface area contributed by atoms with Crippen LogP contribution in [0.2, 0.25) is 0 Å². The number of carbonyl (C=O) groups excluding carboxylic acids is 1. The normalized spacial score (nSPS) is 14.2. The van der Waals surface area contributed by atoms with Crippen molar-refractivity contribution in [2.24, 2.45) is 0 Å². The summed E-state index contributed by atoms with van der Waals surface area (Å²) in [6.45, 7) is 2.33. The molecule has 0 radical (unpaired) electrons. The topological polar surface area (TPSA) is 41.6 Å². The lowest BCUT2D eigenvalue weighted by Crippen LogP contribution is -2.33. The number of likely N-dealkylation sites (N-methyl/N-ethyl adjacent to an activating group) is 1. The fourth-order valence-corrected chi connectivity index (χ4v) is 1.96. The van der Waals surface area contributed by atoms with Crippen LogP contribution < -0.4 is 10.1 Å². The fraction of sp³-hybridized carbons (Fsp3) is 0.500. The molecule has 0 aromatic heterocycles. The lowest BCUT2D eigenvalue weighted by atomic mass is 10.2. The third-order valence-electron chi connectivity index (χ3n) is 3.33. The van der Waals surface area contributed by atoms with Crippen LogP contribution in [0.1, 0.15) is 18.4 Å². The predicted molar refractivity (Wildman–Crippen MR) is 72.0 cm³/mol. The van der Waals surface area contributed by atoms with Crippen LogP contribution in [0.3, 0.4) is 0 Å². The average Bonchev–Trinajstić information content (AvgIpc) is 3.19. The minimum absolute atomic E-state index is 0.144. The van der Waals surface area contributed by atoms with Gasteiger partial charge in [0.1, 0.15) is 5.75 Å². The summed E-state index contributed by atoms with van der Waals surface area (Å²) in [4.78, 5) is 13.7. The first-order chi connectivity index (χ1) is 8.61. The van der Waals surface area contributed by atoms with E-state index in [2.05, 4.69) is 5.32 Å². The summed E-state index contributed by atoms with van der Waals surface area (Å²) in [7, 11) is 3.53. The molecule has 1 N–H and O–H groups in total. The van der Waals surface area contributed by atoms with E-state index >= 15 is 0 Å². The van der Waals surface area contributed by atoms with Crippen molar-refractivity contribution in [3.63, 3.8) is 0 Å². The number of rotatable bonds is 5. The van der Waals surface area contributed by atoms with E-state index in [1.165, 1.54) is 0 Å². The number of ether oxygens (including phenoxy) is 1. The van der Waals surface area contributed by atoms with Crippen molar-refractivity contribution in [2.45, 2.75) is 25.8 Å². The Labute approximate surface area is 108 Å². The molecule has 2 rings (SSSR count). The molecule has 1 saturated carbocycles. The van der Waals surface area contributed by atoms with Crippen molar-refractivity contribution in [3.8, 4) is 5.75 Å². The highest BCUT2D eigenvalue weighted by Gasteiger charge is 2.29. The molecule has 1 aliphatic carbocycles. The van der Waals surface area contributed by atoms with Gasteiger partial charge in [-0.15, -0.1) is 0 Å². The van der Waals surface area contributed by atoms with Crippen LogP contribution in [0.15, 0.2) is 18.2 Å². The van der Waals surface area contributed by atoms with Crippen molar-refractivity contribution >= 4 is 11.6 Å². The van der Waals surface area contributed by atoms with E-state index in [-0.39, 0.29) is 5.91 Å². The molecular formula is C14H20N2O2. The summed E-state index contributed by atoms with van der Waals surface area (Å²) >= 11 is 0. The van der Waals surface area contributed by atoms with Crippen molar-refractivity contribution in [2.75, 3.05) is 26.0 Å². The Morgan fingerprint density at radius 2 is 2.22 bits per heavy atom. The standard InChI is InChI=1S/C14H20N2O2/c1-10-8-11(4-7-13(10)18-3)15-9-14(17)16(2)12-5-6-12/h4,7-8,12,15H,5-6,9H2,1-3H3. The molecule has 4 heteroatoms. The van der Waals surface area contributed by atoms with Gasteiger partial charge < -0.3 is 15.0 Å². The Kier molecular flexibility index (Phi) is 3.75. The first-order valence-corrected chi connectivity index (χ1v) is 6.26. The molecule has 0 atom stereocenters. The summed E-state index contributed by atoms with van der Waals surface area (Å²) in [6.07, 6.45) is 2.29. The van der Waals surface area contributed by atoms with Crippen LogP contribution in [0.5, 0.6) is 5.75 Å². The van der Waals surface area contributed by atoms with Gasteiger partial charge in [0.2, 0.25) is 5.91 Å². The third-order valence-corrected chi connectivity index (χ3v) is 3.33. The monoisotopic (exact) mass is 248 g/mol. The molecule has 98 valence electrons. The molecular weight excluding hydrogens is 228 g/mol. The Morgan fingerprint density at radius 1 is 1.50 bits per heavy atom. The molecule has 0 saturated heterocycles. The Bertz CT molecular complexity index is 441. The molecule has 1 aliphatic rings. The van der Waals surface area contributed by atoms with E-state index in [0.29, 0.717) is 12.6 Å². The smallest absolute Gasteiger partial charge is 0.241 e. The average molecular weight is 248 g/mol. The van der Waals surface area contributed by atoms with E-state index in [1.54, 1.807) is 7.11 Å². The first-order valence-electron chi connectivity index (χ1n) is 6.26. The van der Waals surface area contributed by atoms with Gasteiger partial charge in [-0.2, -0.15) is 0 Å².